The van der Waals surface area contributed by atoms with Crippen LogP contribution < -0.4 is 10.1 Å². The molecule has 2 aromatic carbocycles. The lowest BCUT2D eigenvalue weighted by atomic mass is 10.1. The first kappa shape index (κ1) is 17.8. The molecule has 4 rings (SSSR count). The van der Waals surface area contributed by atoms with Crippen LogP contribution in [0.5, 0.6) is 5.75 Å². The van der Waals surface area contributed by atoms with E-state index in [0.29, 0.717) is 0 Å². The second kappa shape index (κ2) is 8.37. The third kappa shape index (κ3) is 4.56. The van der Waals surface area contributed by atoms with Crippen LogP contribution >= 0.6 is 11.8 Å². The summed E-state index contributed by atoms with van der Waals surface area (Å²) in [7, 11) is 1.69. The number of rotatable bonds is 6. The van der Waals surface area contributed by atoms with Crippen LogP contribution in [0.3, 0.4) is 0 Å². The van der Waals surface area contributed by atoms with Crippen LogP contribution in [0.4, 0.5) is 0 Å². The van der Waals surface area contributed by atoms with E-state index in [1.54, 1.807) is 18.9 Å². The lowest BCUT2D eigenvalue weighted by Crippen LogP contribution is -2.24. The van der Waals surface area contributed by atoms with Gasteiger partial charge in [-0.3, -0.25) is 15.3 Å². The summed E-state index contributed by atoms with van der Waals surface area (Å²) in [6.45, 7) is 0.885. The molecule has 1 aliphatic rings. The molecule has 0 saturated carbocycles. The van der Waals surface area contributed by atoms with Gasteiger partial charge in [0.15, 0.2) is 5.50 Å². The standard InChI is InChI=1S/C22H21N3OS/c1-26-19-7-4-16(5-8-19)10-12-24-22-25-15-20(27-22)14-17-6-9-21-18(13-17)3-2-11-23-21/h2-9,11,13-15,22,24H,10,12H2,1H3/b20-14-. The number of benzene rings is 2. The molecular formula is C22H21N3OS. The molecule has 0 aliphatic carbocycles. The second-order valence-electron chi connectivity index (χ2n) is 6.30. The van der Waals surface area contributed by atoms with E-state index in [2.05, 4.69) is 57.8 Å². The molecule has 27 heavy (non-hydrogen) atoms. The summed E-state index contributed by atoms with van der Waals surface area (Å²) in [4.78, 5) is 10.1. The highest BCUT2D eigenvalue weighted by Crippen LogP contribution is 2.28. The molecule has 5 heteroatoms. The smallest absolute Gasteiger partial charge is 0.151 e. The van der Waals surface area contributed by atoms with Crippen molar-refractivity contribution in [3.05, 3.63) is 76.8 Å². The molecule has 4 nitrogen and oxygen atoms in total. The van der Waals surface area contributed by atoms with Gasteiger partial charge in [-0.25, -0.2) is 0 Å². The van der Waals surface area contributed by atoms with Crippen LogP contribution in [0.2, 0.25) is 0 Å². The first-order valence-corrected chi connectivity index (χ1v) is 9.81. The van der Waals surface area contributed by atoms with Crippen molar-refractivity contribution in [1.29, 1.82) is 0 Å². The third-order valence-corrected chi connectivity index (χ3v) is 5.42. The number of fused-ring (bicyclic) bond motifs is 1. The van der Waals surface area contributed by atoms with Crippen molar-refractivity contribution < 1.29 is 4.74 Å². The summed E-state index contributed by atoms with van der Waals surface area (Å²) in [5.41, 5.74) is 3.56. The Labute approximate surface area is 163 Å². The van der Waals surface area contributed by atoms with Gasteiger partial charge >= 0.3 is 0 Å². The van der Waals surface area contributed by atoms with Crippen LogP contribution in [-0.2, 0) is 6.42 Å². The fourth-order valence-electron chi connectivity index (χ4n) is 2.98. The minimum atomic E-state index is 0.0802. The van der Waals surface area contributed by atoms with E-state index in [9.17, 15) is 0 Å². The van der Waals surface area contributed by atoms with Crippen LogP contribution in [0.15, 0.2) is 70.7 Å². The van der Waals surface area contributed by atoms with Gasteiger partial charge < -0.3 is 4.74 Å². The molecule has 0 saturated heterocycles. The summed E-state index contributed by atoms with van der Waals surface area (Å²) < 4.78 is 5.19. The van der Waals surface area contributed by atoms with Crippen LogP contribution in [0, 0.1) is 0 Å². The van der Waals surface area contributed by atoms with Crippen molar-refractivity contribution in [2.75, 3.05) is 13.7 Å². The minimum Gasteiger partial charge on any atom is -0.497 e. The summed E-state index contributed by atoms with van der Waals surface area (Å²) in [5.74, 6) is 0.891. The van der Waals surface area contributed by atoms with Crippen molar-refractivity contribution in [3.8, 4) is 5.75 Å². The molecule has 0 spiro atoms. The second-order valence-corrected chi connectivity index (χ2v) is 7.46. The molecule has 0 bridgehead atoms. The fourth-order valence-corrected chi connectivity index (χ4v) is 3.88. The van der Waals surface area contributed by atoms with Gasteiger partial charge in [-0.05, 0) is 54.0 Å². The Morgan fingerprint density at radius 3 is 2.89 bits per heavy atom. The molecular weight excluding hydrogens is 354 g/mol. The Kier molecular flexibility index (Phi) is 5.51. The van der Waals surface area contributed by atoms with Gasteiger partial charge in [-0.2, -0.15) is 0 Å². The number of nitrogens with one attached hydrogen (secondary N) is 1. The molecule has 1 N–H and O–H groups in total. The van der Waals surface area contributed by atoms with Crippen LogP contribution in [-0.4, -0.2) is 30.4 Å². The number of pyridine rings is 1. The number of nitrogens with zero attached hydrogens (tertiary/aromatic N) is 2. The normalized spacial score (nSPS) is 17.7. The molecule has 0 amide bonds. The summed E-state index contributed by atoms with van der Waals surface area (Å²) >= 11 is 1.74. The maximum Gasteiger partial charge on any atom is 0.151 e. The van der Waals surface area contributed by atoms with Crippen molar-refractivity contribution in [3.63, 3.8) is 0 Å². The Balaban J connectivity index is 1.31. The topological polar surface area (TPSA) is 46.5 Å². The SMILES string of the molecule is COc1ccc(CCNC2N=C/C(=C/c3ccc4ncccc4c3)S2)cc1. The molecule has 0 fully saturated rings. The highest BCUT2D eigenvalue weighted by atomic mass is 32.2. The largest absolute Gasteiger partial charge is 0.497 e. The predicted molar refractivity (Wildman–Crippen MR) is 114 cm³/mol. The molecule has 136 valence electrons. The number of aliphatic imine (C=N–C) groups is 1. The fraction of sp³-hybridized carbons (Fsp3) is 0.182. The monoisotopic (exact) mass is 375 g/mol. The Bertz CT molecular complexity index is 982. The average Bonchev–Trinajstić information content (AvgIpc) is 3.15. The van der Waals surface area contributed by atoms with E-state index in [-0.39, 0.29) is 5.50 Å². The number of aromatic nitrogens is 1. The Morgan fingerprint density at radius 2 is 2.04 bits per heavy atom. The number of hydrogen-bond donors (Lipinski definition) is 1. The van der Waals surface area contributed by atoms with Crippen LogP contribution in [0.25, 0.3) is 17.0 Å². The summed E-state index contributed by atoms with van der Waals surface area (Å²) in [6, 6.07) is 18.6. The molecule has 1 aromatic heterocycles. The molecule has 1 aliphatic heterocycles. The zero-order valence-corrected chi connectivity index (χ0v) is 15.9. The number of ether oxygens (including phenoxy) is 1. The highest BCUT2D eigenvalue weighted by molar-refractivity contribution is 8.04. The first-order chi connectivity index (χ1) is 13.3. The summed E-state index contributed by atoms with van der Waals surface area (Å²) in [6.07, 6.45) is 6.91. The molecule has 1 unspecified atom stereocenters. The van der Waals surface area contributed by atoms with Gasteiger partial charge in [0, 0.05) is 29.2 Å². The van der Waals surface area contributed by atoms with E-state index in [1.165, 1.54) is 16.0 Å². The number of methoxy groups -OCH3 is 1. The van der Waals surface area contributed by atoms with Gasteiger partial charge in [0.2, 0.25) is 0 Å². The van der Waals surface area contributed by atoms with Crippen molar-refractivity contribution in [2.24, 2.45) is 4.99 Å². The van der Waals surface area contributed by atoms with E-state index in [0.717, 1.165) is 29.6 Å². The maximum atomic E-state index is 5.19. The number of allylic oxidation sites excluding steroid dienone is 1. The summed E-state index contributed by atoms with van der Waals surface area (Å²) in [5, 5.41) is 4.64. The van der Waals surface area contributed by atoms with Gasteiger partial charge in [0.05, 0.1) is 12.6 Å². The first-order valence-electron chi connectivity index (χ1n) is 8.93. The average molecular weight is 375 g/mol. The highest BCUT2D eigenvalue weighted by Gasteiger charge is 2.14. The van der Waals surface area contributed by atoms with Crippen molar-refractivity contribution in [2.45, 2.75) is 11.9 Å². The lowest BCUT2D eigenvalue weighted by Gasteiger charge is -2.09. The quantitative estimate of drug-likeness (QED) is 0.688. The van der Waals surface area contributed by atoms with E-state index >= 15 is 0 Å². The lowest BCUT2D eigenvalue weighted by molar-refractivity contribution is 0.414. The van der Waals surface area contributed by atoms with Gasteiger partial charge in [-0.1, -0.05) is 36.0 Å². The molecule has 2 heterocycles. The van der Waals surface area contributed by atoms with Crippen LogP contribution in [0.1, 0.15) is 11.1 Å². The molecule has 3 aromatic rings. The Hall–Kier alpha value is -2.63. The zero-order chi connectivity index (χ0) is 18.5. The third-order valence-electron chi connectivity index (χ3n) is 4.41. The minimum absolute atomic E-state index is 0.0802. The zero-order valence-electron chi connectivity index (χ0n) is 15.1. The van der Waals surface area contributed by atoms with Gasteiger partial charge in [-0.15, -0.1) is 0 Å². The molecule has 1 atom stereocenters. The van der Waals surface area contributed by atoms with E-state index < -0.39 is 0 Å². The van der Waals surface area contributed by atoms with Crippen molar-refractivity contribution in [1.82, 2.24) is 10.3 Å². The maximum absolute atomic E-state index is 5.19. The van der Waals surface area contributed by atoms with E-state index in [4.69, 9.17) is 4.74 Å². The number of hydrogen-bond acceptors (Lipinski definition) is 5. The van der Waals surface area contributed by atoms with Crippen molar-refractivity contribution >= 4 is 35.0 Å². The Morgan fingerprint density at radius 1 is 1.15 bits per heavy atom. The predicted octanol–water partition coefficient (Wildman–Crippen LogP) is 4.52. The van der Waals surface area contributed by atoms with Gasteiger partial charge in [0.25, 0.3) is 0 Å². The van der Waals surface area contributed by atoms with Gasteiger partial charge in [0.1, 0.15) is 5.75 Å². The molecule has 0 radical (unpaired) electrons. The van der Waals surface area contributed by atoms with E-state index in [1.807, 2.05) is 30.6 Å². The number of thioether (sulfide) groups is 1.